The molecule has 0 spiro atoms. The molecule has 2 atom stereocenters. The van der Waals surface area contributed by atoms with Crippen molar-refractivity contribution in [2.45, 2.75) is 19.1 Å². The average Bonchev–Trinajstić information content (AvgIpc) is 2.71. The van der Waals surface area contributed by atoms with E-state index in [1.165, 1.54) is 15.6 Å². The van der Waals surface area contributed by atoms with E-state index < -0.39 is 0 Å². The van der Waals surface area contributed by atoms with Gasteiger partial charge in [-0.25, -0.2) is 0 Å². The summed E-state index contributed by atoms with van der Waals surface area (Å²) in [6.45, 7) is 2.51. The van der Waals surface area contributed by atoms with Crippen molar-refractivity contribution in [2.24, 2.45) is 11.7 Å². The zero-order valence-corrected chi connectivity index (χ0v) is 12.6. The molecule has 0 bridgehead atoms. The van der Waals surface area contributed by atoms with Gasteiger partial charge in [0.15, 0.2) is 0 Å². The fourth-order valence-electron chi connectivity index (χ4n) is 2.85. The van der Waals surface area contributed by atoms with Gasteiger partial charge in [0.05, 0.1) is 6.61 Å². The zero-order chi connectivity index (χ0) is 13.1. The van der Waals surface area contributed by atoms with Gasteiger partial charge < -0.3 is 10.5 Å². The van der Waals surface area contributed by atoms with E-state index in [9.17, 15) is 0 Å². The van der Waals surface area contributed by atoms with Gasteiger partial charge in [-0.1, -0.05) is 28.1 Å². The molecule has 0 aliphatic carbocycles. The minimum atomic E-state index is 0.444. The molecule has 1 heterocycles. The van der Waals surface area contributed by atoms with Gasteiger partial charge in [-0.05, 0) is 43.1 Å². The van der Waals surface area contributed by atoms with E-state index in [0.29, 0.717) is 18.6 Å². The lowest BCUT2D eigenvalue weighted by atomic mass is 9.96. The van der Waals surface area contributed by atoms with Crippen molar-refractivity contribution >= 4 is 15.9 Å². The second-order valence-electron chi connectivity index (χ2n) is 5.04. The van der Waals surface area contributed by atoms with Crippen molar-refractivity contribution in [1.82, 2.24) is 4.90 Å². The largest absolute Gasteiger partial charge is 0.380 e. The minimum Gasteiger partial charge on any atom is -0.380 e. The fourth-order valence-corrected chi connectivity index (χ4v) is 3.52. The molecule has 2 N–H and O–H groups in total. The van der Waals surface area contributed by atoms with Crippen LogP contribution in [-0.2, 0) is 11.3 Å². The van der Waals surface area contributed by atoms with Crippen LogP contribution in [0.3, 0.4) is 0 Å². The highest BCUT2D eigenvalue weighted by Crippen LogP contribution is 2.39. The van der Waals surface area contributed by atoms with Crippen LogP contribution in [-0.4, -0.2) is 32.1 Å². The number of halogens is 1. The van der Waals surface area contributed by atoms with Crippen LogP contribution in [0, 0.1) is 5.92 Å². The van der Waals surface area contributed by atoms with Crippen LogP contribution in [0.1, 0.15) is 23.6 Å². The Hall–Kier alpha value is -0.420. The third-order valence-corrected chi connectivity index (χ3v) is 4.44. The molecular formula is C14H21BrN2O. The Morgan fingerprint density at radius 3 is 2.89 bits per heavy atom. The SMILES string of the molecule is COCc1cccc(Br)c1C1CC(CN)CN1C. The Labute approximate surface area is 117 Å². The summed E-state index contributed by atoms with van der Waals surface area (Å²) in [4.78, 5) is 2.40. The molecule has 0 amide bonds. The third kappa shape index (κ3) is 2.77. The molecular weight excluding hydrogens is 292 g/mol. The topological polar surface area (TPSA) is 38.5 Å². The summed E-state index contributed by atoms with van der Waals surface area (Å²) >= 11 is 3.68. The standard InChI is InChI=1S/C14H21BrN2O/c1-17-8-10(7-16)6-13(17)14-11(9-18-2)4-3-5-12(14)15/h3-5,10,13H,6-9,16H2,1-2H3. The summed E-state index contributed by atoms with van der Waals surface area (Å²) in [7, 11) is 3.92. The van der Waals surface area contributed by atoms with Gasteiger partial charge in [-0.15, -0.1) is 0 Å². The Balaban J connectivity index is 2.32. The minimum absolute atomic E-state index is 0.444. The Morgan fingerprint density at radius 2 is 2.28 bits per heavy atom. The van der Waals surface area contributed by atoms with Crippen LogP contribution in [0.4, 0.5) is 0 Å². The first-order valence-corrected chi connectivity index (χ1v) is 7.13. The van der Waals surface area contributed by atoms with E-state index in [2.05, 4.69) is 46.1 Å². The summed E-state index contributed by atoms with van der Waals surface area (Å²) in [5.41, 5.74) is 8.43. The molecule has 0 radical (unpaired) electrons. The zero-order valence-electron chi connectivity index (χ0n) is 11.0. The van der Waals surface area contributed by atoms with E-state index in [1.54, 1.807) is 7.11 Å². The number of hydrogen-bond donors (Lipinski definition) is 1. The quantitative estimate of drug-likeness (QED) is 0.928. The lowest BCUT2D eigenvalue weighted by Crippen LogP contribution is -2.21. The molecule has 1 saturated heterocycles. The highest BCUT2D eigenvalue weighted by molar-refractivity contribution is 9.10. The number of methoxy groups -OCH3 is 1. The van der Waals surface area contributed by atoms with Gasteiger partial charge in [0, 0.05) is 24.2 Å². The van der Waals surface area contributed by atoms with E-state index in [4.69, 9.17) is 10.5 Å². The van der Waals surface area contributed by atoms with Crippen LogP contribution >= 0.6 is 15.9 Å². The molecule has 1 aliphatic heterocycles. The molecule has 0 aromatic heterocycles. The molecule has 1 fully saturated rings. The first-order chi connectivity index (χ1) is 8.67. The second kappa shape index (κ2) is 6.15. The van der Waals surface area contributed by atoms with Gasteiger partial charge in [-0.2, -0.15) is 0 Å². The molecule has 100 valence electrons. The molecule has 3 nitrogen and oxygen atoms in total. The van der Waals surface area contributed by atoms with Gasteiger partial charge in [-0.3, -0.25) is 4.90 Å². The summed E-state index contributed by atoms with van der Waals surface area (Å²) in [6, 6.07) is 6.77. The molecule has 1 aromatic rings. The van der Waals surface area contributed by atoms with Crippen molar-refractivity contribution in [3.63, 3.8) is 0 Å². The van der Waals surface area contributed by atoms with Crippen molar-refractivity contribution < 1.29 is 4.74 Å². The highest BCUT2D eigenvalue weighted by atomic mass is 79.9. The second-order valence-corrected chi connectivity index (χ2v) is 5.89. The molecule has 1 aromatic carbocycles. The molecule has 4 heteroatoms. The Morgan fingerprint density at radius 1 is 1.50 bits per heavy atom. The first kappa shape index (κ1) is 14.0. The first-order valence-electron chi connectivity index (χ1n) is 6.34. The van der Waals surface area contributed by atoms with Gasteiger partial charge >= 0.3 is 0 Å². The Bertz CT molecular complexity index is 411. The third-order valence-electron chi connectivity index (χ3n) is 3.74. The molecule has 1 aliphatic rings. The van der Waals surface area contributed by atoms with Crippen molar-refractivity contribution in [3.05, 3.63) is 33.8 Å². The maximum atomic E-state index is 5.81. The lowest BCUT2D eigenvalue weighted by Gasteiger charge is -2.23. The van der Waals surface area contributed by atoms with E-state index in [-0.39, 0.29) is 0 Å². The van der Waals surface area contributed by atoms with Gasteiger partial charge in [0.1, 0.15) is 0 Å². The fraction of sp³-hybridized carbons (Fsp3) is 0.571. The van der Waals surface area contributed by atoms with Crippen molar-refractivity contribution in [1.29, 1.82) is 0 Å². The molecule has 2 unspecified atom stereocenters. The maximum Gasteiger partial charge on any atom is 0.0716 e. The lowest BCUT2D eigenvalue weighted by molar-refractivity contribution is 0.182. The van der Waals surface area contributed by atoms with Crippen LogP contribution in [0.25, 0.3) is 0 Å². The summed E-state index contributed by atoms with van der Waals surface area (Å²) in [6.07, 6.45) is 1.13. The smallest absolute Gasteiger partial charge is 0.0716 e. The maximum absolute atomic E-state index is 5.81. The molecule has 0 saturated carbocycles. The molecule has 2 rings (SSSR count). The van der Waals surface area contributed by atoms with E-state index >= 15 is 0 Å². The van der Waals surface area contributed by atoms with Gasteiger partial charge in [0.25, 0.3) is 0 Å². The van der Waals surface area contributed by atoms with Gasteiger partial charge in [0.2, 0.25) is 0 Å². The highest BCUT2D eigenvalue weighted by Gasteiger charge is 2.32. The predicted molar refractivity (Wildman–Crippen MR) is 77.4 cm³/mol. The number of benzene rings is 1. The van der Waals surface area contributed by atoms with Crippen molar-refractivity contribution in [2.75, 3.05) is 27.2 Å². The number of nitrogens with zero attached hydrogens (tertiary/aromatic N) is 1. The van der Waals surface area contributed by atoms with Crippen LogP contribution in [0.5, 0.6) is 0 Å². The predicted octanol–water partition coefficient (Wildman–Crippen LogP) is 2.55. The summed E-state index contributed by atoms with van der Waals surface area (Å²) < 4.78 is 6.48. The number of hydrogen-bond acceptors (Lipinski definition) is 3. The number of rotatable bonds is 4. The number of nitrogens with two attached hydrogens (primary N) is 1. The summed E-state index contributed by atoms with van der Waals surface area (Å²) in [5.74, 6) is 0.600. The normalized spacial score (nSPS) is 24.7. The van der Waals surface area contributed by atoms with Crippen LogP contribution in [0.2, 0.25) is 0 Å². The number of ether oxygens (including phenoxy) is 1. The monoisotopic (exact) mass is 312 g/mol. The van der Waals surface area contributed by atoms with E-state index in [0.717, 1.165) is 19.5 Å². The average molecular weight is 313 g/mol. The number of likely N-dealkylation sites (tertiary alicyclic amines) is 1. The van der Waals surface area contributed by atoms with E-state index in [1.807, 2.05) is 0 Å². The van der Waals surface area contributed by atoms with Crippen LogP contribution < -0.4 is 5.73 Å². The summed E-state index contributed by atoms with van der Waals surface area (Å²) in [5, 5.41) is 0. The van der Waals surface area contributed by atoms with Crippen LogP contribution in [0.15, 0.2) is 22.7 Å². The van der Waals surface area contributed by atoms with Crippen molar-refractivity contribution in [3.8, 4) is 0 Å². The molecule has 18 heavy (non-hydrogen) atoms. The Kier molecular flexibility index (Phi) is 4.78.